The van der Waals surface area contributed by atoms with Crippen LogP contribution in [0.2, 0.25) is 0 Å². The minimum Gasteiger partial charge on any atom is -0.466 e. The summed E-state index contributed by atoms with van der Waals surface area (Å²) < 4.78 is 44.6. The van der Waals surface area contributed by atoms with Gasteiger partial charge in [-0.25, -0.2) is 4.98 Å². The predicted octanol–water partition coefficient (Wildman–Crippen LogP) is 3.03. The lowest BCUT2D eigenvalue weighted by molar-refractivity contribution is -0.143. The molecule has 0 unspecified atom stereocenters. The van der Waals surface area contributed by atoms with E-state index < -0.39 is 28.9 Å². The largest absolute Gasteiger partial charge is 0.466 e. The Morgan fingerprint density at radius 1 is 1.41 bits per heavy atom. The first-order valence-electron chi connectivity index (χ1n) is 8.74. The Hall–Kier alpha value is -2.74. The van der Waals surface area contributed by atoms with Gasteiger partial charge in [-0.15, -0.1) is 0 Å². The van der Waals surface area contributed by atoms with E-state index in [1.807, 2.05) is 0 Å². The molecular formula is C18H19F3N4O3S. The zero-order valence-electron chi connectivity index (χ0n) is 16.0. The summed E-state index contributed by atoms with van der Waals surface area (Å²) in [6.07, 6.45) is -3.33. The summed E-state index contributed by atoms with van der Waals surface area (Å²) in [6.45, 7) is 5.37. The third-order valence-electron chi connectivity index (χ3n) is 4.43. The number of esters is 1. The van der Waals surface area contributed by atoms with E-state index in [-0.39, 0.29) is 36.3 Å². The first-order valence-corrected chi connectivity index (χ1v) is 9.15. The Bertz CT molecular complexity index is 880. The van der Waals surface area contributed by atoms with Crippen molar-refractivity contribution >= 4 is 34.9 Å². The van der Waals surface area contributed by atoms with E-state index in [9.17, 15) is 22.8 Å². The second kappa shape index (κ2) is 8.32. The van der Waals surface area contributed by atoms with E-state index in [2.05, 4.69) is 4.98 Å². The lowest BCUT2D eigenvalue weighted by Crippen LogP contribution is -2.44. The van der Waals surface area contributed by atoms with E-state index in [4.69, 9.17) is 22.2 Å². The van der Waals surface area contributed by atoms with Gasteiger partial charge >= 0.3 is 12.1 Å². The Kier molecular flexibility index (Phi) is 6.47. The minimum atomic E-state index is -4.81. The average Bonchev–Trinajstić information content (AvgIpc) is 2.80. The van der Waals surface area contributed by atoms with Gasteiger partial charge in [-0.1, -0.05) is 0 Å². The SMILES string of the molecule is CCOC(=O)CCCN1C(=S)N(c2cnc(C#N)c(C(F)(F)F)c2)C(=O)C1(C)C. The number of aromatic nitrogens is 1. The molecule has 156 valence electrons. The van der Waals surface area contributed by atoms with Crippen LogP contribution < -0.4 is 4.90 Å². The molecule has 0 saturated carbocycles. The monoisotopic (exact) mass is 428 g/mol. The molecule has 0 atom stereocenters. The minimum absolute atomic E-state index is 0.00323. The fourth-order valence-electron chi connectivity index (χ4n) is 2.93. The number of amides is 1. The molecule has 1 aliphatic rings. The molecule has 0 spiro atoms. The first kappa shape index (κ1) is 22.5. The van der Waals surface area contributed by atoms with Crippen LogP contribution in [-0.4, -0.2) is 45.6 Å². The van der Waals surface area contributed by atoms with E-state index in [1.165, 1.54) is 6.07 Å². The van der Waals surface area contributed by atoms with Crippen LogP contribution in [0, 0.1) is 11.3 Å². The van der Waals surface area contributed by atoms with Crippen LogP contribution in [0.3, 0.4) is 0 Å². The summed E-state index contributed by atoms with van der Waals surface area (Å²) >= 11 is 5.34. The first-order chi connectivity index (χ1) is 13.4. The molecule has 0 radical (unpaired) electrons. The van der Waals surface area contributed by atoms with Gasteiger partial charge in [0.25, 0.3) is 5.91 Å². The van der Waals surface area contributed by atoms with Gasteiger partial charge in [0.2, 0.25) is 0 Å². The highest BCUT2D eigenvalue weighted by molar-refractivity contribution is 7.80. The van der Waals surface area contributed by atoms with Gasteiger partial charge in [-0.3, -0.25) is 14.5 Å². The predicted molar refractivity (Wildman–Crippen MR) is 101 cm³/mol. The van der Waals surface area contributed by atoms with Crippen molar-refractivity contribution in [3.63, 3.8) is 0 Å². The molecule has 0 aromatic carbocycles. The van der Waals surface area contributed by atoms with Crippen LogP contribution in [0.25, 0.3) is 0 Å². The number of rotatable bonds is 6. The van der Waals surface area contributed by atoms with Crippen molar-refractivity contribution in [3.8, 4) is 6.07 Å². The van der Waals surface area contributed by atoms with Crippen LogP contribution in [0.1, 0.15) is 44.9 Å². The van der Waals surface area contributed by atoms with Crippen molar-refractivity contribution in [3.05, 3.63) is 23.5 Å². The molecule has 1 fully saturated rings. The molecule has 11 heteroatoms. The van der Waals surface area contributed by atoms with Gasteiger partial charge in [0.05, 0.1) is 24.1 Å². The van der Waals surface area contributed by atoms with E-state index in [1.54, 1.807) is 25.7 Å². The van der Waals surface area contributed by atoms with Crippen molar-refractivity contribution in [1.29, 1.82) is 5.26 Å². The zero-order valence-corrected chi connectivity index (χ0v) is 16.9. The van der Waals surface area contributed by atoms with Gasteiger partial charge in [0, 0.05) is 13.0 Å². The molecule has 7 nitrogen and oxygen atoms in total. The summed E-state index contributed by atoms with van der Waals surface area (Å²) in [7, 11) is 0. The number of thiocarbonyl (C=S) groups is 1. The number of carbonyl (C=O) groups excluding carboxylic acids is 2. The third kappa shape index (κ3) is 4.48. The van der Waals surface area contributed by atoms with Crippen molar-refractivity contribution < 1.29 is 27.5 Å². The summed E-state index contributed by atoms with van der Waals surface area (Å²) in [5.41, 5.74) is -3.33. The van der Waals surface area contributed by atoms with Crippen molar-refractivity contribution in [1.82, 2.24) is 9.88 Å². The Balaban J connectivity index is 2.31. The van der Waals surface area contributed by atoms with Crippen LogP contribution in [0.5, 0.6) is 0 Å². The second-order valence-electron chi connectivity index (χ2n) is 6.74. The van der Waals surface area contributed by atoms with Crippen LogP contribution in [0.4, 0.5) is 18.9 Å². The maximum absolute atomic E-state index is 13.2. The number of pyridine rings is 1. The van der Waals surface area contributed by atoms with Crippen LogP contribution in [-0.2, 0) is 20.5 Å². The van der Waals surface area contributed by atoms with Crippen molar-refractivity contribution in [2.75, 3.05) is 18.1 Å². The number of halogens is 3. The molecule has 1 saturated heterocycles. The Morgan fingerprint density at radius 3 is 2.62 bits per heavy atom. The molecule has 0 aliphatic carbocycles. The van der Waals surface area contributed by atoms with Crippen molar-refractivity contribution in [2.24, 2.45) is 0 Å². The lowest BCUT2D eigenvalue weighted by atomic mass is 10.0. The van der Waals surface area contributed by atoms with Gasteiger partial charge in [-0.2, -0.15) is 18.4 Å². The lowest BCUT2D eigenvalue weighted by Gasteiger charge is -2.29. The number of nitriles is 1. The summed E-state index contributed by atoms with van der Waals surface area (Å²) in [4.78, 5) is 30.5. The van der Waals surface area contributed by atoms with Gasteiger partial charge in [-0.05, 0) is 45.5 Å². The number of anilines is 1. The maximum atomic E-state index is 13.2. The van der Waals surface area contributed by atoms with E-state index in [0.29, 0.717) is 12.5 Å². The van der Waals surface area contributed by atoms with Gasteiger partial charge in [0.1, 0.15) is 11.6 Å². The molecule has 1 aromatic heterocycles. The number of hydrogen-bond donors (Lipinski definition) is 0. The fraction of sp³-hybridized carbons (Fsp3) is 0.500. The number of alkyl halides is 3. The number of nitrogens with zero attached hydrogens (tertiary/aromatic N) is 4. The van der Waals surface area contributed by atoms with Crippen LogP contribution in [0.15, 0.2) is 12.3 Å². The molecule has 1 aliphatic heterocycles. The normalized spacial score (nSPS) is 16.2. The molecule has 1 amide bonds. The highest BCUT2D eigenvalue weighted by Gasteiger charge is 2.49. The molecular weight excluding hydrogens is 409 g/mol. The Labute approximate surface area is 171 Å². The molecule has 29 heavy (non-hydrogen) atoms. The van der Waals surface area contributed by atoms with Gasteiger partial charge < -0.3 is 9.64 Å². The third-order valence-corrected chi connectivity index (χ3v) is 4.84. The Morgan fingerprint density at radius 2 is 2.07 bits per heavy atom. The molecule has 0 N–H and O–H groups in total. The van der Waals surface area contributed by atoms with Crippen molar-refractivity contribution in [2.45, 2.75) is 45.3 Å². The number of carbonyl (C=O) groups is 2. The summed E-state index contributed by atoms with van der Waals surface area (Å²) in [5.74, 6) is -0.914. The van der Waals surface area contributed by atoms with Crippen LogP contribution >= 0.6 is 12.2 Å². The zero-order chi connectivity index (χ0) is 22.0. The highest BCUT2D eigenvalue weighted by Crippen LogP contribution is 2.37. The summed E-state index contributed by atoms with van der Waals surface area (Å²) in [5, 5.41) is 8.89. The van der Waals surface area contributed by atoms with E-state index >= 15 is 0 Å². The number of hydrogen-bond acceptors (Lipinski definition) is 6. The fourth-order valence-corrected chi connectivity index (χ4v) is 3.44. The number of ether oxygens (including phenoxy) is 1. The standard InChI is InChI=1S/C18H19F3N4O3S/c1-4-28-14(26)6-5-7-24-16(29)25(15(27)17(24,2)3)11-8-12(18(19,20)21)13(9-22)23-10-11/h8,10H,4-7H2,1-3H3. The second-order valence-corrected chi connectivity index (χ2v) is 7.11. The molecule has 2 heterocycles. The molecule has 1 aromatic rings. The van der Waals surface area contributed by atoms with E-state index in [0.717, 1.165) is 11.1 Å². The molecule has 0 bridgehead atoms. The average molecular weight is 428 g/mol. The quantitative estimate of drug-likeness (QED) is 0.508. The maximum Gasteiger partial charge on any atom is 0.419 e. The summed E-state index contributed by atoms with van der Waals surface area (Å²) in [6, 6.07) is 2.08. The molecule has 2 rings (SSSR count). The smallest absolute Gasteiger partial charge is 0.419 e. The highest BCUT2D eigenvalue weighted by atomic mass is 32.1. The topological polar surface area (TPSA) is 86.5 Å². The van der Waals surface area contributed by atoms with Gasteiger partial charge in [0.15, 0.2) is 10.8 Å².